The van der Waals surface area contributed by atoms with Crippen molar-refractivity contribution in [3.8, 4) is 10.6 Å². The molecule has 0 N–H and O–H groups in total. The molecule has 1 aliphatic carbocycles. The van der Waals surface area contributed by atoms with Crippen molar-refractivity contribution in [1.29, 1.82) is 0 Å². The summed E-state index contributed by atoms with van der Waals surface area (Å²) in [5.74, 6) is 2.46. The van der Waals surface area contributed by atoms with Crippen LogP contribution in [0.3, 0.4) is 0 Å². The molecule has 2 aliphatic rings. The lowest BCUT2D eigenvalue weighted by Gasteiger charge is -2.34. The Morgan fingerprint density at radius 2 is 1.87 bits per heavy atom. The molecule has 0 atom stereocenters. The van der Waals surface area contributed by atoms with E-state index in [0.717, 1.165) is 71.7 Å². The lowest BCUT2D eigenvalue weighted by molar-refractivity contribution is 0.335. The van der Waals surface area contributed by atoms with Crippen LogP contribution in [0.1, 0.15) is 47.0 Å². The Balaban J connectivity index is 1.30. The molecular weight excluding hydrogens is 408 g/mol. The molecule has 1 saturated heterocycles. The number of rotatable bonds is 4. The van der Waals surface area contributed by atoms with Crippen LogP contribution in [0.5, 0.6) is 0 Å². The molecule has 0 spiro atoms. The molecule has 1 fully saturated rings. The monoisotopic (exact) mass is 436 g/mol. The lowest BCUT2D eigenvalue weighted by Crippen LogP contribution is -2.38. The van der Waals surface area contributed by atoms with Gasteiger partial charge in [0, 0.05) is 37.0 Å². The van der Waals surface area contributed by atoms with E-state index >= 15 is 0 Å². The Bertz CT molecular complexity index is 1180. The molecule has 7 nitrogen and oxygen atoms in total. The van der Waals surface area contributed by atoms with E-state index in [4.69, 9.17) is 4.98 Å². The Kier molecular flexibility index (Phi) is 5.33. The maximum absolute atomic E-state index is 12.5. The van der Waals surface area contributed by atoms with Gasteiger partial charge in [0.2, 0.25) is 0 Å². The summed E-state index contributed by atoms with van der Waals surface area (Å²) in [6, 6.07) is 3.46. The fraction of sp³-hybridized carbons (Fsp3) is 0.522. The average molecular weight is 437 g/mol. The SMILES string of the molecule is Cc1nc2c(c(N3CCC(Cn4nc(-c5sc(C)nc5C)ccc4=O)CC3)n1)CCC2. The van der Waals surface area contributed by atoms with E-state index < -0.39 is 0 Å². The Morgan fingerprint density at radius 3 is 2.61 bits per heavy atom. The van der Waals surface area contributed by atoms with Gasteiger partial charge in [0.1, 0.15) is 17.3 Å². The summed E-state index contributed by atoms with van der Waals surface area (Å²) in [7, 11) is 0. The van der Waals surface area contributed by atoms with Gasteiger partial charge >= 0.3 is 0 Å². The molecule has 1 aliphatic heterocycles. The predicted molar refractivity (Wildman–Crippen MR) is 123 cm³/mol. The Labute approximate surface area is 186 Å². The van der Waals surface area contributed by atoms with Crippen LogP contribution in [0, 0.1) is 26.7 Å². The summed E-state index contributed by atoms with van der Waals surface area (Å²) in [6.45, 7) is 8.59. The second-order valence-corrected chi connectivity index (χ2v) is 9.89. The third-order valence-electron chi connectivity index (χ3n) is 6.37. The van der Waals surface area contributed by atoms with Crippen LogP contribution in [0.25, 0.3) is 10.6 Å². The number of piperidine rings is 1. The van der Waals surface area contributed by atoms with Crippen molar-refractivity contribution in [2.24, 2.45) is 5.92 Å². The van der Waals surface area contributed by atoms with E-state index in [1.165, 1.54) is 17.7 Å². The Morgan fingerprint density at radius 1 is 1.06 bits per heavy atom. The van der Waals surface area contributed by atoms with Gasteiger partial charge in [-0.25, -0.2) is 19.6 Å². The zero-order valence-corrected chi connectivity index (χ0v) is 19.2. The van der Waals surface area contributed by atoms with Gasteiger partial charge < -0.3 is 4.90 Å². The van der Waals surface area contributed by atoms with E-state index in [9.17, 15) is 4.79 Å². The highest BCUT2D eigenvalue weighted by molar-refractivity contribution is 7.15. The minimum absolute atomic E-state index is 0.0330. The quantitative estimate of drug-likeness (QED) is 0.623. The summed E-state index contributed by atoms with van der Waals surface area (Å²) in [5, 5.41) is 5.71. The maximum Gasteiger partial charge on any atom is 0.266 e. The minimum atomic E-state index is -0.0330. The highest BCUT2D eigenvalue weighted by Crippen LogP contribution is 2.32. The number of anilines is 1. The van der Waals surface area contributed by atoms with Crippen LogP contribution in [-0.2, 0) is 19.4 Å². The molecule has 3 aromatic heterocycles. The molecule has 162 valence electrons. The zero-order chi connectivity index (χ0) is 21.5. The fourth-order valence-electron chi connectivity index (χ4n) is 4.84. The van der Waals surface area contributed by atoms with Gasteiger partial charge in [0.15, 0.2) is 0 Å². The second kappa shape index (κ2) is 8.15. The maximum atomic E-state index is 12.5. The summed E-state index contributed by atoms with van der Waals surface area (Å²) in [6.07, 6.45) is 5.42. The van der Waals surface area contributed by atoms with E-state index in [1.807, 2.05) is 26.8 Å². The van der Waals surface area contributed by atoms with E-state index in [-0.39, 0.29) is 5.56 Å². The van der Waals surface area contributed by atoms with Gasteiger partial charge in [0.05, 0.1) is 15.6 Å². The van der Waals surface area contributed by atoms with Gasteiger partial charge in [-0.05, 0) is 64.9 Å². The number of thiazole rings is 1. The highest BCUT2D eigenvalue weighted by atomic mass is 32.1. The number of hydrogen-bond acceptors (Lipinski definition) is 7. The van der Waals surface area contributed by atoms with Gasteiger partial charge in [-0.3, -0.25) is 4.79 Å². The van der Waals surface area contributed by atoms with Crippen molar-refractivity contribution in [3.63, 3.8) is 0 Å². The van der Waals surface area contributed by atoms with Crippen molar-refractivity contribution >= 4 is 17.2 Å². The second-order valence-electron chi connectivity index (χ2n) is 8.69. The highest BCUT2D eigenvalue weighted by Gasteiger charge is 2.26. The number of aromatic nitrogens is 5. The topological polar surface area (TPSA) is 76.8 Å². The fourth-order valence-corrected chi connectivity index (χ4v) is 5.72. The van der Waals surface area contributed by atoms with Crippen LogP contribution in [0.15, 0.2) is 16.9 Å². The molecule has 0 saturated carbocycles. The van der Waals surface area contributed by atoms with Gasteiger partial charge in [-0.1, -0.05) is 0 Å². The van der Waals surface area contributed by atoms with E-state index in [1.54, 1.807) is 22.1 Å². The van der Waals surface area contributed by atoms with Crippen molar-refractivity contribution < 1.29 is 0 Å². The van der Waals surface area contributed by atoms with Crippen molar-refractivity contribution in [2.75, 3.05) is 18.0 Å². The van der Waals surface area contributed by atoms with Crippen LogP contribution in [-0.4, -0.2) is 37.8 Å². The van der Waals surface area contributed by atoms with Crippen LogP contribution in [0.2, 0.25) is 0 Å². The molecule has 0 bridgehead atoms. The van der Waals surface area contributed by atoms with Crippen LogP contribution in [0.4, 0.5) is 5.82 Å². The van der Waals surface area contributed by atoms with E-state index in [2.05, 4.69) is 20.0 Å². The molecule has 3 aromatic rings. The first-order valence-corrected chi connectivity index (χ1v) is 11.9. The molecule has 0 radical (unpaired) electrons. The zero-order valence-electron chi connectivity index (χ0n) is 18.4. The first-order chi connectivity index (χ1) is 15.0. The first kappa shape index (κ1) is 20.3. The molecule has 5 rings (SSSR count). The van der Waals surface area contributed by atoms with Gasteiger partial charge in [0.25, 0.3) is 5.56 Å². The van der Waals surface area contributed by atoms with E-state index in [0.29, 0.717) is 12.5 Å². The molecular formula is C23H28N6OS. The molecule has 31 heavy (non-hydrogen) atoms. The summed E-state index contributed by atoms with van der Waals surface area (Å²) >= 11 is 1.63. The largest absolute Gasteiger partial charge is 0.356 e. The number of aryl methyl sites for hydroxylation is 4. The van der Waals surface area contributed by atoms with Crippen molar-refractivity contribution in [3.05, 3.63) is 50.3 Å². The molecule has 8 heteroatoms. The van der Waals surface area contributed by atoms with Crippen molar-refractivity contribution in [2.45, 2.75) is 59.4 Å². The molecule has 0 unspecified atom stereocenters. The number of fused-ring (bicyclic) bond motifs is 1. The first-order valence-electron chi connectivity index (χ1n) is 11.1. The van der Waals surface area contributed by atoms with Crippen LogP contribution >= 0.6 is 11.3 Å². The third-order valence-corrected chi connectivity index (χ3v) is 7.47. The third kappa shape index (κ3) is 4.01. The summed E-state index contributed by atoms with van der Waals surface area (Å²) in [5.41, 5.74) is 4.37. The Hall–Kier alpha value is -2.61. The van der Waals surface area contributed by atoms with Gasteiger partial charge in [-0.15, -0.1) is 11.3 Å². The molecule has 0 aromatic carbocycles. The molecule has 0 amide bonds. The van der Waals surface area contributed by atoms with Crippen molar-refractivity contribution in [1.82, 2.24) is 24.7 Å². The average Bonchev–Trinajstić information content (AvgIpc) is 3.35. The predicted octanol–water partition coefficient (Wildman–Crippen LogP) is 3.49. The normalized spacial score (nSPS) is 16.7. The standard InChI is InChI=1S/C23H28N6OS/c1-14-22(31-16(3)24-14)20-7-8-21(30)29(27-20)13-17-9-11-28(12-10-17)23-18-5-4-6-19(18)25-15(2)26-23/h7-8,17H,4-6,9-13H2,1-3H3. The smallest absolute Gasteiger partial charge is 0.266 e. The molecule has 4 heterocycles. The number of hydrogen-bond donors (Lipinski definition) is 0. The lowest BCUT2D eigenvalue weighted by atomic mass is 9.96. The van der Waals surface area contributed by atoms with Crippen LogP contribution < -0.4 is 10.5 Å². The number of nitrogens with zero attached hydrogens (tertiary/aromatic N) is 6. The van der Waals surface area contributed by atoms with Gasteiger partial charge in [-0.2, -0.15) is 5.10 Å². The summed E-state index contributed by atoms with van der Waals surface area (Å²) in [4.78, 5) is 29.9. The summed E-state index contributed by atoms with van der Waals surface area (Å²) < 4.78 is 1.65. The minimum Gasteiger partial charge on any atom is -0.356 e.